The van der Waals surface area contributed by atoms with Crippen molar-refractivity contribution in [2.45, 2.75) is 20.5 Å². The molecule has 0 aliphatic rings. The van der Waals surface area contributed by atoms with Crippen LogP contribution in [0.5, 0.6) is 5.75 Å². The predicted octanol–water partition coefficient (Wildman–Crippen LogP) is 4.23. The molecule has 0 aromatic heterocycles. The van der Waals surface area contributed by atoms with Crippen LogP contribution in [0.15, 0.2) is 36.4 Å². The van der Waals surface area contributed by atoms with Crippen LogP contribution in [-0.4, -0.2) is 11.1 Å². The van der Waals surface area contributed by atoms with Crippen molar-refractivity contribution < 1.29 is 14.6 Å². The van der Waals surface area contributed by atoms with Gasteiger partial charge in [0.2, 0.25) is 0 Å². The lowest BCUT2D eigenvalue weighted by Crippen LogP contribution is -2.01. The van der Waals surface area contributed by atoms with Crippen molar-refractivity contribution in [3.05, 3.63) is 63.7 Å². The van der Waals surface area contributed by atoms with Crippen LogP contribution in [0.2, 0.25) is 5.02 Å². The Morgan fingerprint density at radius 1 is 1.20 bits per heavy atom. The molecule has 0 spiro atoms. The fourth-order valence-electron chi connectivity index (χ4n) is 1.81. The largest absolute Gasteiger partial charge is 0.489 e. The molecule has 0 fully saturated rings. The molecule has 0 bridgehead atoms. The van der Waals surface area contributed by atoms with E-state index < -0.39 is 5.97 Å². The maximum absolute atomic E-state index is 11.0. The third-order valence-electron chi connectivity index (χ3n) is 3.03. The first-order valence-corrected chi connectivity index (χ1v) is 6.57. The number of benzene rings is 2. The maximum atomic E-state index is 11.0. The van der Waals surface area contributed by atoms with Crippen molar-refractivity contribution in [1.82, 2.24) is 0 Å². The molecule has 1 N–H and O–H groups in total. The van der Waals surface area contributed by atoms with Crippen LogP contribution in [0.3, 0.4) is 0 Å². The minimum absolute atomic E-state index is 0.209. The lowest BCUT2D eigenvalue weighted by molar-refractivity contribution is 0.0696. The Morgan fingerprint density at radius 3 is 2.60 bits per heavy atom. The highest BCUT2D eigenvalue weighted by molar-refractivity contribution is 6.31. The molecule has 4 heteroatoms. The van der Waals surface area contributed by atoms with Gasteiger partial charge in [-0.2, -0.15) is 0 Å². The number of rotatable bonds is 4. The molecule has 0 aliphatic carbocycles. The number of halogens is 1. The van der Waals surface area contributed by atoms with E-state index in [0.29, 0.717) is 17.4 Å². The van der Waals surface area contributed by atoms with Crippen molar-refractivity contribution >= 4 is 17.6 Å². The molecule has 0 saturated heterocycles. The predicted molar refractivity (Wildman–Crippen MR) is 78.7 cm³/mol. The summed E-state index contributed by atoms with van der Waals surface area (Å²) in [5, 5.41) is 9.63. The van der Waals surface area contributed by atoms with Gasteiger partial charge < -0.3 is 9.84 Å². The van der Waals surface area contributed by atoms with Crippen LogP contribution in [0.25, 0.3) is 0 Å². The molecule has 0 saturated carbocycles. The number of aromatic carboxylic acids is 1. The molecular formula is C16H15ClO3. The monoisotopic (exact) mass is 290 g/mol. The number of ether oxygens (including phenoxy) is 1. The summed E-state index contributed by atoms with van der Waals surface area (Å²) in [7, 11) is 0. The number of carboxylic acid groups (broad SMARTS) is 1. The Hall–Kier alpha value is -2.00. The zero-order valence-electron chi connectivity index (χ0n) is 11.3. The zero-order chi connectivity index (χ0) is 14.7. The topological polar surface area (TPSA) is 46.5 Å². The van der Waals surface area contributed by atoms with Gasteiger partial charge in [-0.3, -0.25) is 0 Å². The highest BCUT2D eigenvalue weighted by Gasteiger charge is 2.08. The van der Waals surface area contributed by atoms with Crippen LogP contribution in [0.4, 0.5) is 0 Å². The number of hydrogen-bond donors (Lipinski definition) is 1. The third kappa shape index (κ3) is 3.31. The molecule has 3 nitrogen and oxygen atoms in total. The summed E-state index contributed by atoms with van der Waals surface area (Å²) < 4.78 is 5.69. The zero-order valence-corrected chi connectivity index (χ0v) is 12.1. The second-order valence-corrected chi connectivity index (χ2v) is 5.08. The van der Waals surface area contributed by atoms with Gasteiger partial charge in [0, 0.05) is 10.6 Å². The molecule has 2 aromatic rings. The molecule has 2 aromatic carbocycles. The SMILES string of the molecule is Cc1ccc(COc2cc(C(=O)O)ccc2C)c(Cl)c1. The van der Waals surface area contributed by atoms with Gasteiger partial charge >= 0.3 is 5.97 Å². The second kappa shape index (κ2) is 5.97. The van der Waals surface area contributed by atoms with E-state index in [1.54, 1.807) is 12.1 Å². The summed E-state index contributed by atoms with van der Waals surface area (Å²) in [5.74, 6) is -0.412. The van der Waals surface area contributed by atoms with E-state index >= 15 is 0 Å². The first-order valence-electron chi connectivity index (χ1n) is 6.19. The Bertz CT molecular complexity index is 650. The summed E-state index contributed by atoms with van der Waals surface area (Å²) in [6.45, 7) is 4.15. The molecular weight excluding hydrogens is 276 g/mol. The van der Waals surface area contributed by atoms with Crippen LogP contribution in [-0.2, 0) is 6.61 Å². The lowest BCUT2D eigenvalue weighted by Gasteiger charge is -2.11. The van der Waals surface area contributed by atoms with E-state index in [0.717, 1.165) is 16.7 Å². The van der Waals surface area contributed by atoms with Crippen LogP contribution >= 0.6 is 11.6 Å². The van der Waals surface area contributed by atoms with Crippen molar-refractivity contribution in [3.8, 4) is 5.75 Å². The van der Waals surface area contributed by atoms with Gasteiger partial charge in [0.15, 0.2) is 0 Å². The molecule has 20 heavy (non-hydrogen) atoms. The number of hydrogen-bond acceptors (Lipinski definition) is 2. The fourth-order valence-corrected chi connectivity index (χ4v) is 2.10. The Kier molecular flexibility index (Phi) is 4.30. The Labute approximate surface area is 122 Å². The number of carbonyl (C=O) groups is 1. The van der Waals surface area contributed by atoms with Crippen molar-refractivity contribution in [2.24, 2.45) is 0 Å². The van der Waals surface area contributed by atoms with Gasteiger partial charge in [-0.05, 0) is 43.2 Å². The number of aryl methyl sites for hydroxylation is 2. The minimum atomic E-state index is -0.969. The molecule has 0 aliphatic heterocycles. The molecule has 0 atom stereocenters. The van der Waals surface area contributed by atoms with Gasteiger partial charge in [-0.1, -0.05) is 29.8 Å². The molecule has 0 unspecified atom stereocenters. The molecule has 0 amide bonds. The van der Waals surface area contributed by atoms with Gasteiger partial charge in [0.1, 0.15) is 12.4 Å². The highest BCUT2D eigenvalue weighted by Crippen LogP contribution is 2.23. The van der Waals surface area contributed by atoms with E-state index in [9.17, 15) is 4.79 Å². The Morgan fingerprint density at radius 2 is 1.95 bits per heavy atom. The molecule has 2 rings (SSSR count). The number of carboxylic acids is 1. The van der Waals surface area contributed by atoms with E-state index in [-0.39, 0.29) is 5.56 Å². The quantitative estimate of drug-likeness (QED) is 0.916. The third-order valence-corrected chi connectivity index (χ3v) is 3.38. The van der Waals surface area contributed by atoms with Crippen LogP contribution in [0.1, 0.15) is 27.0 Å². The van der Waals surface area contributed by atoms with Gasteiger partial charge in [-0.15, -0.1) is 0 Å². The summed E-state index contributed by atoms with van der Waals surface area (Å²) in [5.41, 5.74) is 3.05. The van der Waals surface area contributed by atoms with E-state index in [1.807, 2.05) is 32.0 Å². The van der Waals surface area contributed by atoms with E-state index in [4.69, 9.17) is 21.4 Å². The minimum Gasteiger partial charge on any atom is -0.489 e. The average Bonchev–Trinajstić information content (AvgIpc) is 2.39. The van der Waals surface area contributed by atoms with Crippen molar-refractivity contribution in [3.63, 3.8) is 0 Å². The van der Waals surface area contributed by atoms with Crippen LogP contribution < -0.4 is 4.74 Å². The summed E-state index contributed by atoms with van der Waals surface area (Å²) in [4.78, 5) is 11.0. The van der Waals surface area contributed by atoms with E-state index in [1.165, 1.54) is 6.07 Å². The van der Waals surface area contributed by atoms with Crippen molar-refractivity contribution in [2.75, 3.05) is 0 Å². The summed E-state index contributed by atoms with van der Waals surface area (Å²) in [6, 6.07) is 10.6. The fraction of sp³-hybridized carbons (Fsp3) is 0.188. The normalized spacial score (nSPS) is 10.3. The Balaban J connectivity index is 2.18. The highest BCUT2D eigenvalue weighted by atomic mass is 35.5. The first-order chi connectivity index (χ1) is 9.47. The van der Waals surface area contributed by atoms with Crippen LogP contribution in [0, 0.1) is 13.8 Å². The van der Waals surface area contributed by atoms with Crippen molar-refractivity contribution in [1.29, 1.82) is 0 Å². The summed E-state index contributed by atoms with van der Waals surface area (Å²) >= 11 is 6.14. The second-order valence-electron chi connectivity index (χ2n) is 4.67. The molecule has 0 radical (unpaired) electrons. The summed E-state index contributed by atoms with van der Waals surface area (Å²) in [6.07, 6.45) is 0. The van der Waals surface area contributed by atoms with E-state index in [2.05, 4.69) is 0 Å². The van der Waals surface area contributed by atoms with Gasteiger partial charge in [0.05, 0.1) is 5.56 Å². The first kappa shape index (κ1) is 14.4. The van der Waals surface area contributed by atoms with Gasteiger partial charge in [-0.25, -0.2) is 4.79 Å². The molecule has 104 valence electrons. The molecule has 0 heterocycles. The average molecular weight is 291 g/mol. The smallest absolute Gasteiger partial charge is 0.335 e. The standard InChI is InChI=1S/C16H15ClO3/c1-10-3-5-13(14(17)7-10)9-20-15-8-12(16(18)19)6-4-11(15)2/h3-8H,9H2,1-2H3,(H,18,19). The lowest BCUT2D eigenvalue weighted by atomic mass is 10.1. The van der Waals surface area contributed by atoms with Gasteiger partial charge in [0.25, 0.3) is 0 Å². The maximum Gasteiger partial charge on any atom is 0.335 e.